The molecule has 0 atom stereocenters. The molecule has 96 valence electrons. The predicted octanol–water partition coefficient (Wildman–Crippen LogP) is 0.144. The van der Waals surface area contributed by atoms with Crippen molar-refractivity contribution in [1.82, 2.24) is 15.8 Å². The molecule has 0 fully saturated rings. The molecule has 0 aliphatic heterocycles. The van der Waals surface area contributed by atoms with Crippen molar-refractivity contribution in [3.8, 4) is 0 Å². The SMILES string of the molecule is COCCNC(=O)CNCc1c(C)noc1C. The number of carbonyl (C=O) groups excluding carboxylic acids is 1. The van der Waals surface area contributed by atoms with Crippen LogP contribution in [0.2, 0.25) is 0 Å². The molecule has 0 aliphatic rings. The van der Waals surface area contributed by atoms with E-state index in [1.165, 1.54) is 0 Å². The van der Waals surface area contributed by atoms with Crippen molar-refractivity contribution < 1.29 is 14.1 Å². The fourth-order valence-electron chi connectivity index (χ4n) is 1.41. The van der Waals surface area contributed by atoms with E-state index in [4.69, 9.17) is 9.26 Å². The number of amides is 1. The molecule has 0 saturated carbocycles. The molecule has 6 heteroatoms. The smallest absolute Gasteiger partial charge is 0.234 e. The summed E-state index contributed by atoms with van der Waals surface area (Å²) in [4.78, 5) is 11.3. The molecule has 2 N–H and O–H groups in total. The Morgan fingerprint density at radius 3 is 2.82 bits per heavy atom. The van der Waals surface area contributed by atoms with E-state index >= 15 is 0 Å². The summed E-state index contributed by atoms with van der Waals surface area (Å²) in [6.07, 6.45) is 0. The molecule has 1 heterocycles. The first-order chi connectivity index (χ1) is 8.15. The normalized spacial score (nSPS) is 10.5. The maximum absolute atomic E-state index is 11.3. The van der Waals surface area contributed by atoms with Crippen LogP contribution in [-0.2, 0) is 16.1 Å². The van der Waals surface area contributed by atoms with E-state index in [0.29, 0.717) is 19.7 Å². The minimum atomic E-state index is -0.0474. The van der Waals surface area contributed by atoms with Gasteiger partial charge in [0.05, 0.1) is 18.8 Å². The Bertz CT molecular complexity index is 343. The number of aryl methyl sites for hydroxylation is 2. The van der Waals surface area contributed by atoms with Gasteiger partial charge in [0.25, 0.3) is 0 Å². The van der Waals surface area contributed by atoms with Gasteiger partial charge in [-0.1, -0.05) is 5.16 Å². The molecule has 1 aromatic rings. The van der Waals surface area contributed by atoms with Crippen molar-refractivity contribution in [1.29, 1.82) is 0 Å². The summed E-state index contributed by atoms with van der Waals surface area (Å²) in [6.45, 7) is 5.65. The highest BCUT2D eigenvalue weighted by atomic mass is 16.5. The number of nitrogens with zero attached hydrogens (tertiary/aromatic N) is 1. The van der Waals surface area contributed by atoms with Crippen molar-refractivity contribution in [2.24, 2.45) is 0 Å². The quantitative estimate of drug-likeness (QED) is 0.664. The summed E-state index contributed by atoms with van der Waals surface area (Å²) in [7, 11) is 1.60. The third-order valence-corrected chi connectivity index (χ3v) is 2.40. The zero-order chi connectivity index (χ0) is 12.7. The monoisotopic (exact) mass is 241 g/mol. The van der Waals surface area contributed by atoms with Crippen LogP contribution >= 0.6 is 0 Å². The Morgan fingerprint density at radius 2 is 2.24 bits per heavy atom. The van der Waals surface area contributed by atoms with E-state index < -0.39 is 0 Å². The summed E-state index contributed by atoms with van der Waals surface area (Å²) < 4.78 is 9.86. The van der Waals surface area contributed by atoms with E-state index in [1.807, 2.05) is 13.8 Å². The van der Waals surface area contributed by atoms with Crippen LogP contribution in [0.5, 0.6) is 0 Å². The second-order valence-corrected chi connectivity index (χ2v) is 3.75. The number of aromatic nitrogens is 1. The molecule has 0 unspecified atom stereocenters. The highest BCUT2D eigenvalue weighted by molar-refractivity contribution is 5.77. The van der Waals surface area contributed by atoms with Crippen LogP contribution in [0.4, 0.5) is 0 Å². The lowest BCUT2D eigenvalue weighted by atomic mass is 10.2. The van der Waals surface area contributed by atoms with Crippen LogP contribution in [0.25, 0.3) is 0 Å². The zero-order valence-electron chi connectivity index (χ0n) is 10.5. The van der Waals surface area contributed by atoms with Crippen molar-refractivity contribution in [3.05, 3.63) is 17.0 Å². The van der Waals surface area contributed by atoms with Gasteiger partial charge in [-0.05, 0) is 13.8 Å². The molecule has 17 heavy (non-hydrogen) atoms. The largest absolute Gasteiger partial charge is 0.383 e. The van der Waals surface area contributed by atoms with Crippen molar-refractivity contribution >= 4 is 5.91 Å². The van der Waals surface area contributed by atoms with E-state index in [1.54, 1.807) is 7.11 Å². The van der Waals surface area contributed by atoms with Crippen LogP contribution in [-0.4, -0.2) is 37.9 Å². The maximum atomic E-state index is 11.3. The lowest BCUT2D eigenvalue weighted by molar-refractivity contribution is -0.120. The average molecular weight is 241 g/mol. The van der Waals surface area contributed by atoms with Crippen LogP contribution in [0.1, 0.15) is 17.0 Å². The number of carbonyl (C=O) groups is 1. The first kappa shape index (κ1) is 13.7. The van der Waals surface area contributed by atoms with Gasteiger partial charge in [-0.25, -0.2) is 0 Å². The van der Waals surface area contributed by atoms with E-state index in [0.717, 1.165) is 17.0 Å². The van der Waals surface area contributed by atoms with Gasteiger partial charge in [-0.15, -0.1) is 0 Å². The number of nitrogens with one attached hydrogen (secondary N) is 2. The molecular weight excluding hydrogens is 222 g/mol. The van der Waals surface area contributed by atoms with Crippen LogP contribution in [0, 0.1) is 13.8 Å². The number of hydrogen-bond acceptors (Lipinski definition) is 5. The van der Waals surface area contributed by atoms with E-state index in [9.17, 15) is 4.79 Å². The van der Waals surface area contributed by atoms with Gasteiger partial charge in [0.2, 0.25) is 5.91 Å². The van der Waals surface area contributed by atoms with Gasteiger partial charge in [-0.3, -0.25) is 4.79 Å². The Kier molecular flexibility index (Phi) is 5.65. The molecule has 0 aromatic carbocycles. The molecule has 1 aromatic heterocycles. The number of methoxy groups -OCH3 is 1. The molecule has 6 nitrogen and oxygen atoms in total. The van der Waals surface area contributed by atoms with E-state index in [2.05, 4.69) is 15.8 Å². The van der Waals surface area contributed by atoms with Gasteiger partial charge < -0.3 is 19.9 Å². The lowest BCUT2D eigenvalue weighted by Gasteiger charge is -2.05. The van der Waals surface area contributed by atoms with Gasteiger partial charge in [-0.2, -0.15) is 0 Å². The lowest BCUT2D eigenvalue weighted by Crippen LogP contribution is -2.35. The molecule has 1 amide bonds. The molecule has 0 spiro atoms. The average Bonchev–Trinajstić information content (AvgIpc) is 2.61. The zero-order valence-corrected chi connectivity index (χ0v) is 10.5. The van der Waals surface area contributed by atoms with Crippen LogP contribution < -0.4 is 10.6 Å². The molecule has 1 rings (SSSR count). The highest BCUT2D eigenvalue weighted by Crippen LogP contribution is 2.10. The number of ether oxygens (including phenoxy) is 1. The van der Waals surface area contributed by atoms with Crippen molar-refractivity contribution in [2.45, 2.75) is 20.4 Å². The highest BCUT2D eigenvalue weighted by Gasteiger charge is 2.08. The minimum Gasteiger partial charge on any atom is -0.383 e. The summed E-state index contributed by atoms with van der Waals surface area (Å²) in [5.41, 5.74) is 1.87. The van der Waals surface area contributed by atoms with E-state index in [-0.39, 0.29) is 12.5 Å². The Labute approximate surface area is 101 Å². The predicted molar refractivity (Wildman–Crippen MR) is 62.6 cm³/mol. The fraction of sp³-hybridized carbons (Fsp3) is 0.636. The Balaban J connectivity index is 2.21. The molecule has 0 saturated heterocycles. The Hall–Kier alpha value is -1.40. The third-order valence-electron chi connectivity index (χ3n) is 2.40. The van der Waals surface area contributed by atoms with Gasteiger partial charge in [0, 0.05) is 25.8 Å². The van der Waals surface area contributed by atoms with Gasteiger partial charge in [0.15, 0.2) is 0 Å². The molecule has 0 aliphatic carbocycles. The first-order valence-corrected chi connectivity index (χ1v) is 5.53. The van der Waals surface area contributed by atoms with Gasteiger partial charge >= 0.3 is 0 Å². The van der Waals surface area contributed by atoms with Crippen molar-refractivity contribution in [3.63, 3.8) is 0 Å². The third kappa shape index (κ3) is 4.54. The standard InChI is InChI=1S/C11H19N3O3/c1-8-10(9(2)17-14-8)6-12-7-11(15)13-4-5-16-3/h12H,4-7H2,1-3H3,(H,13,15). The second kappa shape index (κ2) is 7.03. The van der Waals surface area contributed by atoms with Crippen LogP contribution in [0.3, 0.4) is 0 Å². The molecule has 0 radical (unpaired) electrons. The van der Waals surface area contributed by atoms with Crippen molar-refractivity contribution in [2.75, 3.05) is 26.8 Å². The number of hydrogen-bond donors (Lipinski definition) is 2. The topological polar surface area (TPSA) is 76.4 Å². The summed E-state index contributed by atoms with van der Waals surface area (Å²) >= 11 is 0. The maximum Gasteiger partial charge on any atom is 0.234 e. The molecular formula is C11H19N3O3. The first-order valence-electron chi connectivity index (χ1n) is 5.53. The fourth-order valence-corrected chi connectivity index (χ4v) is 1.41. The molecule has 0 bridgehead atoms. The van der Waals surface area contributed by atoms with Gasteiger partial charge in [0.1, 0.15) is 5.76 Å². The second-order valence-electron chi connectivity index (χ2n) is 3.75. The number of rotatable bonds is 7. The summed E-state index contributed by atoms with van der Waals surface area (Å²) in [5, 5.41) is 9.61. The Morgan fingerprint density at radius 1 is 1.47 bits per heavy atom. The summed E-state index contributed by atoms with van der Waals surface area (Å²) in [6, 6.07) is 0. The van der Waals surface area contributed by atoms with Crippen LogP contribution in [0.15, 0.2) is 4.52 Å². The summed E-state index contributed by atoms with van der Waals surface area (Å²) in [5.74, 6) is 0.739. The minimum absolute atomic E-state index is 0.0474.